The molecule has 0 saturated heterocycles. The highest BCUT2D eigenvalue weighted by atomic mass is 32.2. The lowest BCUT2D eigenvalue weighted by molar-refractivity contribution is -0.385. The molecule has 0 radical (unpaired) electrons. The summed E-state index contributed by atoms with van der Waals surface area (Å²) in [6.45, 7) is 4.50. The zero-order valence-electron chi connectivity index (χ0n) is 16.6. The first-order valence-electron chi connectivity index (χ1n) is 8.80. The predicted octanol–water partition coefficient (Wildman–Crippen LogP) is 2.87. The van der Waals surface area contributed by atoms with Crippen LogP contribution in [-0.4, -0.2) is 43.8 Å². The Morgan fingerprint density at radius 1 is 1.24 bits per heavy atom. The van der Waals surface area contributed by atoms with Gasteiger partial charge in [-0.05, 0) is 37.6 Å². The van der Waals surface area contributed by atoms with E-state index in [1.54, 1.807) is 26.0 Å². The number of methoxy groups -OCH3 is 1. The van der Waals surface area contributed by atoms with Crippen molar-refractivity contribution in [2.75, 3.05) is 25.5 Å². The summed E-state index contributed by atoms with van der Waals surface area (Å²) < 4.78 is 32.3. The molecule has 0 aliphatic carbocycles. The molecule has 2 aromatic carbocycles. The highest BCUT2D eigenvalue weighted by Crippen LogP contribution is 2.28. The molecule has 0 bridgehead atoms. The zero-order valence-corrected chi connectivity index (χ0v) is 17.4. The third kappa shape index (κ3) is 4.90. The normalized spacial score (nSPS) is 11.3. The third-order valence-corrected chi connectivity index (χ3v) is 6.33. The number of rotatable bonds is 8. The Hall–Kier alpha value is -2.98. The van der Waals surface area contributed by atoms with Gasteiger partial charge in [0.2, 0.25) is 15.9 Å². The minimum absolute atomic E-state index is 0.0267. The molecule has 2 aromatic rings. The van der Waals surface area contributed by atoms with E-state index in [0.717, 1.165) is 9.87 Å². The van der Waals surface area contributed by atoms with Gasteiger partial charge in [0.25, 0.3) is 5.69 Å². The third-order valence-electron chi connectivity index (χ3n) is 4.39. The van der Waals surface area contributed by atoms with Gasteiger partial charge in [0.1, 0.15) is 10.6 Å². The van der Waals surface area contributed by atoms with Crippen LogP contribution in [0.1, 0.15) is 18.1 Å². The number of aryl methyl sites for hydroxylation is 1. The van der Waals surface area contributed by atoms with Crippen LogP contribution in [0.2, 0.25) is 0 Å². The summed E-state index contributed by atoms with van der Waals surface area (Å²) in [6.07, 6.45) is 0. The highest BCUT2D eigenvalue weighted by Gasteiger charge is 2.29. The minimum Gasteiger partial charge on any atom is -0.495 e. The number of nitro groups is 1. The molecule has 0 unspecified atom stereocenters. The van der Waals surface area contributed by atoms with Crippen molar-refractivity contribution in [2.45, 2.75) is 25.7 Å². The zero-order chi connectivity index (χ0) is 21.8. The fourth-order valence-corrected chi connectivity index (χ4v) is 4.44. The van der Waals surface area contributed by atoms with Crippen LogP contribution >= 0.6 is 0 Å². The van der Waals surface area contributed by atoms with Crippen molar-refractivity contribution in [3.8, 4) is 5.75 Å². The number of benzene rings is 2. The Labute approximate surface area is 169 Å². The fraction of sp³-hybridized carbons (Fsp3) is 0.316. The molecule has 0 aromatic heterocycles. The maximum atomic E-state index is 13.1. The average molecular weight is 421 g/mol. The lowest BCUT2D eigenvalue weighted by Crippen LogP contribution is -2.38. The van der Waals surface area contributed by atoms with Gasteiger partial charge in [0, 0.05) is 12.6 Å². The highest BCUT2D eigenvalue weighted by molar-refractivity contribution is 7.89. The topological polar surface area (TPSA) is 119 Å². The Balaban J connectivity index is 2.28. The second-order valence-corrected chi connectivity index (χ2v) is 8.25. The van der Waals surface area contributed by atoms with E-state index in [1.165, 1.54) is 38.3 Å². The second-order valence-electron chi connectivity index (χ2n) is 6.34. The molecule has 9 nitrogen and oxygen atoms in total. The molecule has 10 heteroatoms. The van der Waals surface area contributed by atoms with E-state index in [4.69, 9.17) is 4.74 Å². The Morgan fingerprint density at radius 2 is 1.93 bits per heavy atom. The molecule has 1 amide bonds. The van der Waals surface area contributed by atoms with Gasteiger partial charge in [-0.25, -0.2) is 8.42 Å². The maximum absolute atomic E-state index is 13.1. The largest absolute Gasteiger partial charge is 0.495 e. The van der Waals surface area contributed by atoms with Gasteiger partial charge in [0.15, 0.2) is 0 Å². The number of carbonyl (C=O) groups is 1. The van der Waals surface area contributed by atoms with E-state index in [-0.39, 0.29) is 34.1 Å². The molecule has 1 N–H and O–H groups in total. The molecular formula is C19H23N3O6S. The maximum Gasteiger partial charge on any atom is 0.274 e. The van der Waals surface area contributed by atoms with Crippen molar-refractivity contribution in [1.82, 2.24) is 4.31 Å². The number of anilines is 1. The number of nitrogens with one attached hydrogen (secondary N) is 1. The molecule has 156 valence electrons. The average Bonchev–Trinajstić information content (AvgIpc) is 2.67. The van der Waals surface area contributed by atoms with Gasteiger partial charge in [0.05, 0.1) is 29.8 Å². The van der Waals surface area contributed by atoms with Gasteiger partial charge in [-0.15, -0.1) is 0 Å². The van der Waals surface area contributed by atoms with E-state index < -0.39 is 27.4 Å². The number of carbonyl (C=O) groups excluding carboxylic acids is 1. The summed E-state index contributed by atoms with van der Waals surface area (Å²) in [4.78, 5) is 23.0. The van der Waals surface area contributed by atoms with E-state index in [1.807, 2.05) is 0 Å². The number of hydrogen-bond acceptors (Lipinski definition) is 6. The molecule has 0 saturated carbocycles. The van der Waals surface area contributed by atoms with Crippen LogP contribution in [0.25, 0.3) is 0 Å². The summed E-state index contributed by atoms with van der Waals surface area (Å²) in [6, 6.07) is 9.08. The number of ether oxygens (including phenoxy) is 1. The predicted molar refractivity (Wildman–Crippen MR) is 109 cm³/mol. The van der Waals surface area contributed by atoms with Crippen LogP contribution in [0.15, 0.2) is 41.3 Å². The van der Waals surface area contributed by atoms with E-state index in [2.05, 4.69) is 5.32 Å². The first-order chi connectivity index (χ1) is 13.6. The van der Waals surface area contributed by atoms with Crippen LogP contribution in [-0.2, 0) is 14.8 Å². The summed E-state index contributed by atoms with van der Waals surface area (Å²) in [7, 11) is -2.62. The fourth-order valence-electron chi connectivity index (χ4n) is 2.80. The van der Waals surface area contributed by atoms with Crippen molar-refractivity contribution >= 4 is 27.3 Å². The number of nitro benzene ring substituents is 1. The van der Waals surface area contributed by atoms with Gasteiger partial charge >= 0.3 is 0 Å². The van der Waals surface area contributed by atoms with Crippen molar-refractivity contribution < 1.29 is 22.9 Å². The van der Waals surface area contributed by atoms with Crippen LogP contribution in [0.5, 0.6) is 5.75 Å². The summed E-state index contributed by atoms with van der Waals surface area (Å²) in [5.41, 5.74) is 1.15. The first kappa shape index (κ1) is 22.3. The van der Waals surface area contributed by atoms with Gasteiger partial charge in [-0.1, -0.05) is 19.1 Å². The smallest absolute Gasteiger partial charge is 0.274 e. The molecular weight excluding hydrogens is 398 g/mol. The number of sulfonamides is 1. The molecule has 0 aliphatic heterocycles. The van der Waals surface area contributed by atoms with Crippen LogP contribution in [0.4, 0.5) is 11.4 Å². The number of hydrogen-bond donors (Lipinski definition) is 1. The molecule has 0 aliphatic rings. The molecule has 2 rings (SSSR count). The SMILES string of the molecule is CCN(CC(=O)Nc1cccc([N+](=O)[O-])c1C)S(=O)(=O)c1cc(C)ccc1OC. The van der Waals surface area contributed by atoms with Gasteiger partial charge < -0.3 is 10.1 Å². The van der Waals surface area contributed by atoms with Crippen LogP contribution in [0, 0.1) is 24.0 Å². The van der Waals surface area contributed by atoms with Crippen molar-refractivity contribution in [1.29, 1.82) is 0 Å². The Morgan fingerprint density at radius 3 is 2.52 bits per heavy atom. The summed E-state index contributed by atoms with van der Waals surface area (Å²) in [5, 5.41) is 13.6. The monoisotopic (exact) mass is 421 g/mol. The Kier molecular flexibility index (Phi) is 6.93. The van der Waals surface area contributed by atoms with Gasteiger partial charge in [-0.2, -0.15) is 4.31 Å². The van der Waals surface area contributed by atoms with Crippen molar-refractivity contribution in [3.63, 3.8) is 0 Å². The van der Waals surface area contributed by atoms with Crippen LogP contribution in [0.3, 0.4) is 0 Å². The molecule has 0 atom stereocenters. The van der Waals surface area contributed by atoms with E-state index in [9.17, 15) is 23.3 Å². The van der Waals surface area contributed by atoms with Gasteiger partial charge in [-0.3, -0.25) is 14.9 Å². The molecule has 0 heterocycles. The first-order valence-corrected chi connectivity index (χ1v) is 10.2. The number of amides is 1. The quantitative estimate of drug-likeness (QED) is 0.517. The van der Waals surface area contributed by atoms with Crippen LogP contribution < -0.4 is 10.1 Å². The summed E-state index contributed by atoms with van der Waals surface area (Å²) in [5.74, 6) is -0.422. The molecule has 0 fully saturated rings. The Bertz CT molecular complexity index is 1040. The van der Waals surface area contributed by atoms with Crippen molar-refractivity contribution in [3.05, 3.63) is 57.6 Å². The standard InChI is InChI=1S/C19H23N3O6S/c1-5-21(29(26,27)18-11-13(2)9-10-17(18)28-4)12-19(23)20-15-7-6-8-16(14(15)3)22(24)25/h6-11H,5,12H2,1-4H3,(H,20,23). The second kappa shape index (κ2) is 9.01. The summed E-state index contributed by atoms with van der Waals surface area (Å²) >= 11 is 0. The molecule has 29 heavy (non-hydrogen) atoms. The number of nitrogens with zero attached hydrogens (tertiary/aromatic N) is 2. The van der Waals surface area contributed by atoms with E-state index >= 15 is 0 Å². The lowest BCUT2D eigenvalue weighted by Gasteiger charge is -2.21. The number of likely N-dealkylation sites (N-methyl/N-ethyl adjacent to an activating group) is 1. The van der Waals surface area contributed by atoms with Crippen molar-refractivity contribution in [2.24, 2.45) is 0 Å². The molecule has 0 spiro atoms. The van der Waals surface area contributed by atoms with E-state index in [0.29, 0.717) is 0 Å². The lowest BCUT2D eigenvalue weighted by atomic mass is 10.1. The minimum atomic E-state index is -4.00.